The Kier molecular flexibility index (Phi) is 7.07. The Morgan fingerprint density at radius 2 is 1.79 bits per heavy atom. The van der Waals surface area contributed by atoms with Gasteiger partial charge in [0.15, 0.2) is 0 Å². The number of carbonyl (C=O) groups is 3. The van der Waals surface area contributed by atoms with Crippen LogP contribution >= 0.6 is 39.1 Å². The number of rotatable bonds is 5. The van der Waals surface area contributed by atoms with Crippen molar-refractivity contribution in [3.05, 3.63) is 97.4 Å². The molecular formula is C25H17BrCl2N2O4. The summed E-state index contributed by atoms with van der Waals surface area (Å²) in [5, 5.41) is 3.17. The van der Waals surface area contributed by atoms with Gasteiger partial charge in [-0.2, -0.15) is 0 Å². The number of halogens is 3. The zero-order valence-corrected chi connectivity index (χ0v) is 20.9. The number of benzene rings is 3. The smallest absolute Gasteiger partial charge is 0.335 e. The summed E-state index contributed by atoms with van der Waals surface area (Å²) in [5.41, 5.74) is 1.99. The van der Waals surface area contributed by atoms with Crippen molar-refractivity contribution in [3.63, 3.8) is 0 Å². The molecular weight excluding hydrogens is 543 g/mol. The molecule has 3 aromatic carbocycles. The monoisotopic (exact) mass is 558 g/mol. The summed E-state index contributed by atoms with van der Waals surface area (Å²) in [6.07, 6.45) is 1.36. The fraction of sp³-hybridized carbons (Fsp3) is 0.0800. The van der Waals surface area contributed by atoms with Crippen molar-refractivity contribution in [3.8, 4) is 5.75 Å². The first kappa shape index (κ1) is 24.0. The molecule has 4 amide bonds. The predicted molar refractivity (Wildman–Crippen MR) is 135 cm³/mol. The molecule has 0 spiro atoms. The van der Waals surface area contributed by atoms with Crippen molar-refractivity contribution in [1.82, 2.24) is 5.32 Å². The molecule has 0 atom stereocenters. The van der Waals surface area contributed by atoms with E-state index < -0.39 is 17.8 Å². The average molecular weight is 560 g/mol. The lowest BCUT2D eigenvalue weighted by Crippen LogP contribution is -2.54. The second kappa shape index (κ2) is 10.0. The highest BCUT2D eigenvalue weighted by atomic mass is 79.9. The summed E-state index contributed by atoms with van der Waals surface area (Å²) in [5.74, 6) is -1.17. The minimum Gasteiger partial charge on any atom is -0.488 e. The quantitative estimate of drug-likeness (QED) is 0.293. The Bertz CT molecular complexity index is 1360. The number of hydrogen-bond donors (Lipinski definition) is 1. The molecule has 1 saturated heterocycles. The van der Waals surface area contributed by atoms with Crippen LogP contribution in [0.2, 0.25) is 10.0 Å². The van der Waals surface area contributed by atoms with Crippen LogP contribution in [0, 0.1) is 6.92 Å². The number of nitrogens with zero attached hydrogens (tertiary/aromatic N) is 1. The number of barbiturate groups is 1. The molecule has 0 saturated carbocycles. The molecule has 1 heterocycles. The summed E-state index contributed by atoms with van der Waals surface area (Å²) in [4.78, 5) is 39.4. The van der Waals surface area contributed by atoms with Crippen LogP contribution in [-0.2, 0) is 16.2 Å². The zero-order chi connectivity index (χ0) is 24.4. The summed E-state index contributed by atoms with van der Waals surface area (Å²) < 4.78 is 6.72. The molecule has 3 aromatic rings. The van der Waals surface area contributed by atoms with Gasteiger partial charge in [-0.05, 0) is 61.0 Å². The van der Waals surface area contributed by atoms with Crippen LogP contribution in [0.15, 0.2) is 70.7 Å². The number of urea groups is 1. The Balaban J connectivity index is 1.70. The van der Waals surface area contributed by atoms with Gasteiger partial charge in [-0.25, -0.2) is 9.69 Å². The Labute approximate surface area is 214 Å². The fourth-order valence-corrected chi connectivity index (χ4v) is 4.28. The zero-order valence-electron chi connectivity index (χ0n) is 17.8. The summed E-state index contributed by atoms with van der Waals surface area (Å²) >= 11 is 15.7. The van der Waals surface area contributed by atoms with Crippen molar-refractivity contribution in [1.29, 1.82) is 0 Å². The third-order valence-electron chi connectivity index (χ3n) is 5.11. The van der Waals surface area contributed by atoms with Gasteiger partial charge in [-0.1, -0.05) is 57.3 Å². The highest BCUT2D eigenvalue weighted by molar-refractivity contribution is 9.10. The maximum absolute atomic E-state index is 13.3. The SMILES string of the molecule is Cc1cc(Br)ccc1N1C(=O)NC(=O)/C(=C/c2cc(Cl)ccc2OCc2ccccc2Cl)C1=O. The van der Waals surface area contributed by atoms with Crippen LogP contribution in [-0.4, -0.2) is 17.8 Å². The van der Waals surface area contributed by atoms with Gasteiger partial charge >= 0.3 is 6.03 Å². The highest BCUT2D eigenvalue weighted by Gasteiger charge is 2.37. The third-order valence-corrected chi connectivity index (χ3v) is 6.21. The normalized spacial score (nSPS) is 15.0. The van der Waals surface area contributed by atoms with Crippen molar-refractivity contribution in [2.45, 2.75) is 13.5 Å². The molecule has 34 heavy (non-hydrogen) atoms. The van der Waals surface area contributed by atoms with Crippen molar-refractivity contribution < 1.29 is 19.1 Å². The molecule has 9 heteroatoms. The van der Waals surface area contributed by atoms with E-state index in [9.17, 15) is 14.4 Å². The van der Waals surface area contributed by atoms with Crippen LogP contribution < -0.4 is 15.0 Å². The second-order valence-electron chi connectivity index (χ2n) is 7.45. The summed E-state index contributed by atoms with van der Waals surface area (Å²) in [6.45, 7) is 1.93. The Morgan fingerprint density at radius 1 is 1.03 bits per heavy atom. The van der Waals surface area contributed by atoms with Crippen molar-refractivity contribution >= 4 is 68.7 Å². The number of carbonyl (C=O) groups excluding carboxylic acids is 3. The lowest BCUT2D eigenvalue weighted by molar-refractivity contribution is -0.122. The molecule has 1 aliphatic rings. The van der Waals surface area contributed by atoms with Crippen molar-refractivity contribution in [2.75, 3.05) is 4.90 Å². The molecule has 0 aliphatic carbocycles. The molecule has 0 radical (unpaired) electrons. The lowest BCUT2D eigenvalue weighted by Gasteiger charge is -2.27. The van der Waals surface area contributed by atoms with E-state index in [1.807, 2.05) is 18.2 Å². The maximum atomic E-state index is 13.3. The number of hydrogen-bond acceptors (Lipinski definition) is 4. The largest absolute Gasteiger partial charge is 0.488 e. The van der Waals surface area contributed by atoms with Gasteiger partial charge in [0.1, 0.15) is 17.9 Å². The molecule has 6 nitrogen and oxygen atoms in total. The van der Waals surface area contributed by atoms with Gasteiger partial charge in [0.05, 0.1) is 5.69 Å². The van der Waals surface area contributed by atoms with Crippen molar-refractivity contribution in [2.24, 2.45) is 0 Å². The average Bonchev–Trinajstić information content (AvgIpc) is 2.78. The number of imide groups is 2. The number of amides is 4. The minimum absolute atomic E-state index is 0.167. The van der Waals surface area contributed by atoms with Crippen LogP contribution in [0.4, 0.5) is 10.5 Å². The molecule has 1 aliphatic heterocycles. The topological polar surface area (TPSA) is 75.7 Å². The van der Waals surface area contributed by atoms with Crippen LogP contribution in [0.1, 0.15) is 16.7 Å². The van der Waals surface area contributed by atoms with E-state index >= 15 is 0 Å². The summed E-state index contributed by atoms with van der Waals surface area (Å²) in [6, 6.07) is 16.4. The first-order valence-electron chi connectivity index (χ1n) is 10.1. The molecule has 0 aromatic heterocycles. The second-order valence-corrected chi connectivity index (χ2v) is 9.21. The molecule has 0 unspecified atom stereocenters. The first-order chi connectivity index (χ1) is 16.2. The van der Waals surface area contributed by atoms with E-state index in [0.717, 1.165) is 14.9 Å². The molecule has 1 N–H and O–H groups in total. The number of ether oxygens (including phenoxy) is 1. The predicted octanol–water partition coefficient (Wildman–Crippen LogP) is 6.31. The van der Waals surface area contributed by atoms with E-state index in [2.05, 4.69) is 21.2 Å². The van der Waals surface area contributed by atoms with E-state index in [1.165, 1.54) is 6.08 Å². The lowest BCUT2D eigenvalue weighted by atomic mass is 10.0. The molecule has 1 fully saturated rings. The Morgan fingerprint density at radius 3 is 2.53 bits per heavy atom. The van der Waals surface area contributed by atoms with Crippen LogP contribution in [0.3, 0.4) is 0 Å². The summed E-state index contributed by atoms with van der Waals surface area (Å²) in [7, 11) is 0. The number of aryl methyl sites for hydroxylation is 1. The van der Waals surface area contributed by atoms with E-state index in [0.29, 0.717) is 32.6 Å². The van der Waals surface area contributed by atoms with E-state index in [-0.39, 0.29) is 12.2 Å². The van der Waals surface area contributed by atoms with Crippen LogP contribution in [0.25, 0.3) is 6.08 Å². The van der Waals surface area contributed by atoms with Gasteiger partial charge < -0.3 is 4.74 Å². The van der Waals surface area contributed by atoms with Gasteiger partial charge in [0.2, 0.25) is 0 Å². The van der Waals surface area contributed by atoms with E-state index in [1.54, 1.807) is 49.4 Å². The van der Waals surface area contributed by atoms with Gasteiger partial charge in [0.25, 0.3) is 11.8 Å². The van der Waals surface area contributed by atoms with Gasteiger partial charge in [-0.15, -0.1) is 0 Å². The first-order valence-corrected chi connectivity index (χ1v) is 11.6. The molecule has 0 bridgehead atoms. The van der Waals surface area contributed by atoms with Crippen LogP contribution in [0.5, 0.6) is 5.75 Å². The van der Waals surface area contributed by atoms with Gasteiger partial charge in [0, 0.05) is 25.6 Å². The minimum atomic E-state index is -0.821. The maximum Gasteiger partial charge on any atom is 0.335 e. The number of anilines is 1. The van der Waals surface area contributed by atoms with E-state index in [4.69, 9.17) is 27.9 Å². The molecule has 172 valence electrons. The fourth-order valence-electron chi connectivity index (χ4n) is 3.44. The van der Waals surface area contributed by atoms with Gasteiger partial charge in [-0.3, -0.25) is 14.9 Å². The highest BCUT2D eigenvalue weighted by Crippen LogP contribution is 2.30. The standard InChI is InChI=1S/C25H17BrCl2N2O4/c1-14-10-17(26)6-8-21(14)30-24(32)19(23(31)29-25(30)33)12-16-11-18(27)7-9-22(16)34-13-15-4-2-3-5-20(15)28/h2-12H,13H2,1H3,(H,29,31,33)/b19-12-. The third kappa shape index (κ3) is 5.01. The Hall–Kier alpha value is -3.13. The number of nitrogens with one attached hydrogen (secondary N) is 1. The molecule has 4 rings (SSSR count).